The summed E-state index contributed by atoms with van der Waals surface area (Å²) in [6, 6.07) is 6.86. The second-order valence-electron chi connectivity index (χ2n) is 7.26. The van der Waals surface area contributed by atoms with Gasteiger partial charge in [0.1, 0.15) is 23.4 Å². The summed E-state index contributed by atoms with van der Waals surface area (Å²) >= 11 is 7.77. The molecule has 166 valence electrons. The highest BCUT2D eigenvalue weighted by molar-refractivity contribution is 7.94. The fourth-order valence-electron chi connectivity index (χ4n) is 3.60. The summed E-state index contributed by atoms with van der Waals surface area (Å²) in [7, 11) is 0. The molecule has 0 amide bonds. The second kappa shape index (κ2) is 8.99. The number of aromatic nitrogens is 4. The van der Waals surface area contributed by atoms with Crippen molar-refractivity contribution in [2.45, 2.75) is 6.92 Å². The number of hydrogen-bond donors (Lipinski definition) is 2. The normalized spacial score (nSPS) is 15.1. The summed E-state index contributed by atoms with van der Waals surface area (Å²) in [4.78, 5) is 13.7. The number of oxazole rings is 1. The Morgan fingerprint density at radius 1 is 1.22 bits per heavy atom. The van der Waals surface area contributed by atoms with Crippen LogP contribution in [0.5, 0.6) is 5.75 Å². The Balaban J connectivity index is 1.40. The molecule has 1 aliphatic heterocycles. The molecule has 0 unspecified atom stereocenters. The van der Waals surface area contributed by atoms with E-state index in [1.54, 1.807) is 49.0 Å². The first-order valence-corrected chi connectivity index (χ1v) is 11.4. The van der Waals surface area contributed by atoms with Gasteiger partial charge in [0.25, 0.3) is 0 Å². The smallest absolute Gasteiger partial charge is 0.306 e. The molecule has 4 heterocycles. The number of phenols is 1. The van der Waals surface area contributed by atoms with Crippen LogP contribution in [0.2, 0.25) is 5.02 Å². The molecule has 5 rings (SSSR count). The molecule has 0 spiro atoms. The minimum Gasteiger partial charge on any atom is -0.506 e. The van der Waals surface area contributed by atoms with Crippen LogP contribution in [0.25, 0.3) is 28.5 Å². The topological polar surface area (TPSA) is 95.0 Å². The summed E-state index contributed by atoms with van der Waals surface area (Å²) in [5, 5.41) is 13.7. The van der Waals surface area contributed by atoms with Gasteiger partial charge in [-0.15, -0.1) is 0 Å². The number of phenolic OH excluding ortho intramolecular Hbond substituents is 1. The molecule has 1 aliphatic rings. The van der Waals surface area contributed by atoms with Gasteiger partial charge < -0.3 is 14.8 Å². The molecule has 4 aromatic rings. The van der Waals surface area contributed by atoms with Crippen LogP contribution in [-0.2, 0) is 0 Å². The van der Waals surface area contributed by atoms with Gasteiger partial charge in [0.2, 0.25) is 5.95 Å². The number of nitrogens with zero attached hydrogens (tertiary/aromatic N) is 6. The van der Waals surface area contributed by atoms with Crippen molar-refractivity contribution in [3.63, 3.8) is 0 Å². The third-order valence-corrected chi connectivity index (χ3v) is 6.79. The molecule has 11 heteroatoms. The van der Waals surface area contributed by atoms with Crippen molar-refractivity contribution in [1.82, 2.24) is 28.0 Å². The lowest BCUT2D eigenvalue weighted by Crippen LogP contribution is -2.22. The SMILES string of the molecule is CCN1CCN(CCNc2nccc(-c3c(-c4ccc(Cl)c(O)c4)nc4occn34)n2)S1. The van der Waals surface area contributed by atoms with E-state index in [4.69, 9.17) is 21.0 Å². The van der Waals surface area contributed by atoms with Crippen LogP contribution < -0.4 is 5.32 Å². The lowest BCUT2D eigenvalue weighted by atomic mass is 10.1. The third kappa shape index (κ3) is 4.14. The van der Waals surface area contributed by atoms with Crippen LogP contribution in [0, 0.1) is 0 Å². The van der Waals surface area contributed by atoms with E-state index in [1.165, 1.54) is 0 Å². The average Bonchev–Trinajstić information content (AvgIpc) is 3.52. The van der Waals surface area contributed by atoms with Gasteiger partial charge in [-0.05, 0) is 18.2 Å². The van der Waals surface area contributed by atoms with Gasteiger partial charge in [-0.25, -0.2) is 18.6 Å². The standard InChI is InChI=1S/C21H22ClN7O2S/c1-2-27-9-10-28(32-27)8-7-24-20-23-6-5-16(25-20)19-18(26-21-29(19)11-12-31-21)14-3-4-15(22)17(30)13-14/h3-6,11-13,30H,2,7-10H2,1H3,(H,23,24,25). The first-order chi connectivity index (χ1) is 15.6. The molecule has 2 N–H and O–H groups in total. The Hall–Kier alpha value is -2.79. The Bertz CT molecular complexity index is 1240. The second-order valence-corrected chi connectivity index (χ2v) is 8.86. The first-order valence-electron chi connectivity index (χ1n) is 10.3. The van der Waals surface area contributed by atoms with Crippen molar-refractivity contribution in [3.05, 3.63) is 47.9 Å². The fourth-order valence-corrected chi connectivity index (χ4v) is 4.66. The van der Waals surface area contributed by atoms with Gasteiger partial charge in [-0.3, -0.25) is 4.40 Å². The van der Waals surface area contributed by atoms with Gasteiger partial charge in [0.15, 0.2) is 0 Å². The lowest BCUT2D eigenvalue weighted by molar-refractivity contribution is 0.476. The number of fused-ring (bicyclic) bond motifs is 1. The van der Waals surface area contributed by atoms with E-state index in [-0.39, 0.29) is 10.8 Å². The van der Waals surface area contributed by atoms with Gasteiger partial charge in [-0.2, -0.15) is 4.98 Å². The minimum absolute atomic E-state index is 0.00815. The molecule has 0 atom stereocenters. The average molecular weight is 472 g/mol. The quantitative estimate of drug-likeness (QED) is 0.387. The summed E-state index contributed by atoms with van der Waals surface area (Å²) in [6.45, 7) is 6.97. The predicted molar refractivity (Wildman–Crippen MR) is 125 cm³/mol. The van der Waals surface area contributed by atoms with E-state index in [2.05, 4.69) is 30.8 Å². The number of nitrogens with one attached hydrogen (secondary N) is 1. The van der Waals surface area contributed by atoms with E-state index >= 15 is 0 Å². The van der Waals surface area contributed by atoms with Crippen molar-refractivity contribution in [1.29, 1.82) is 0 Å². The number of likely N-dealkylation sites (N-methyl/N-ethyl adjacent to an activating group) is 1. The predicted octanol–water partition coefficient (Wildman–Crippen LogP) is 4.02. The van der Waals surface area contributed by atoms with Crippen LogP contribution in [0.15, 0.2) is 47.3 Å². The Morgan fingerprint density at radius 2 is 2.09 bits per heavy atom. The van der Waals surface area contributed by atoms with E-state index < -0.39 is 0 Å². The number of halogens is 1. The van der Waals surface area contributed by atoms with E-state index in [0.29, 0.717) is 28.7 Å². The molecule has 3 aromatic heterocycles. The van der Waals surface area contributed by atoms with Gasteiger partial charge >= 0.3 is 5.84 Å². The van der Waals surface area contributed by atoms with Crippen molar-refractivity contribution in [2.75, 3.05) is 38.0 Å². The summed E-state index contributed by atoms with van der Waals surface area (Å²) < 4.78 is 12.0. The number of aromatic hydroxyl groups is 1. The van der Waals surface area contributed by atoms with Gasteiger partial charge in [0.05, 0.1) is 10.7 Å². The Morgan fingerprint density at radius 3 is 2.91 bits per heavy atom. The lowest BCUT2D eigenvalue weighted by Gasteiger charge is -2.15. The number of anilines is 1. The minimum atomic E-state index is -0.00815. The molecule has 9 nitrogen and oxygen atoms in total. The fraction of sp³-hybridized carbons (Fsp3) is 0.286. The highest BCUT2D eigenvalue weighted by Crippen LogP contribution is 2.35. The van der Waals surface area contributed by atoms with Crippen molar-refractivity contribution < 1.29 is 9.52 Å². The molecule has 32 heavy (non-hydrogen) atoms. The maximum Gasteiger partial charge on any atom is 0.306 e. The molecule has 1 saturated heterocycles. The van der Waals surface area contributed by atoms with Crippen molar-refractivity contribution >= 4 is 35.5 Å². The molecular weight excluding hydrogens is 450 g/mol. The molecule has 0 radical (unpaired) electrons. The molecular formula is C21H22ClN7O2S. The zero-order chi connectivity index (χ0) is 22.1. The number of rotatable bonds is 7. The molecule has 0 bridgehead atoms. The summed E-state index contributed by atoms with van der Waals surface area (Å²) in [5.41, 5.74) is 2.78. The first kappa shape index (κ1) is 21.1. The zero-order valence-corrected chi connectivity index (χ0v) is 19.0. The molecule has 0 saturated carbocycles. The van der Waals surface area contributed by atoms with E-state index in [9.17, 15) is 5.11 Å². The number of benzene rings is 1. The summed E-state index contributed by atoms with van der Waals surface area (Å²) in [5.74, 6) is 0.970. The highest BCUT2D eigenvalue weighted by Gasteiger charge is 2.21. The van der Waals surface area contributed by atoms with Gasteiger partial charge in [0, 0.05) is 62.8 Å². The van der Waals surface area contributed by atoms with Crippen LogP contribution >= 0.6 is 23.7 Å². The van der Waals surface area contributed by atoms with Gasteiger partial charge in [-0.1, -0.05) is 24.6 Å². The number of imidazole rings is 1. The monoisotopic (exact) mass is 471 g/mol. The molecule has 1 fully saturated rings. The number of hydrogen-bond acceptors (Lipinski definition) is 9. The van der Waals surface area contributed by atoms with Crippen LogP contribution in [0.1, 0.15) is 6.92 Å². The Kier molecular flexibility index (Phi) is 5.92. The maximum absolute atomic E-state index is 10.1. The van der Waals surface area contributed by atoms with Crippen LogP contribution in [0.4, 0.5) is 5.95 Å². The van der Waals surface area contributed by atoms with E-state index in [1.807, 2.05) is 10.5 Å². The van der Waals surface area contributed by atoms with Crippen LogP contribution in [-0.4, -0.2) is 65.8 Å². The molecule has 0 aliphatic carbocycles. The van der Waals surface area contributed by atoms with Crippen molar-refractivity contribution in [3.8, 4) is 28.4 Å². The maximum atomic E-state index is 10.1. The molecule has 1 aromatic carbocycles. The largest absolute Gasteiger partial charge is 0.506 e. The third-order valence-electron chi connectivity index (χ3n) is 5.21. The van der Waals surface area contributed by atoms with Crippen molar-refractivity contribution in [2.24, 2.45) is 0 Å². The highest BCUT2D eigenvalue weighted by atomic mass is 35.5. The summed E-state index contributed by atoms with van der Waals surface area (Å²) in [6.07, 6.45) is 5.08. The van der Waals surface area contributed by atoms with Crippen LogP contribution in [0.3, 0.4) is 0 Å². The van der Waals surface area contributed by atoms with E-state index in [0.717, 1.165) is 38.4 Å². The Labute approximate surface area is 194 Å². The zero-order valence-electron chi connectivity index (χ0n) is 17.4.